The molecule has 2 unspecified atom stereocenters. The maximum Gasteiger partial charge on any atom is 0.220 e. The van der Waals surface area contributed by atoms with E-state index < -0.39 is 0 Å². The molecule has 3 nitrogen and oxygen atoms in total. The first kappa shape index (κ1) is 15.2. The van der Waals surface area contributed by atoms with Crippen LogP contribution in [0.1, 0.15) is 45.4 Å². The average Bonchev–Trinajstić information content (AvgIpc) is 2.39. The minimum absolute atomic E-state index is 0.249. The second-order valence-electron chi connectivity index (χ2n) is 6.31. The Morgan fingerprint density at radius 3 is 2.79 bits per heavy atom. The molecule has 1 amide bonds. The van der Waals surface area contributed by atoms with Gasteiger partial charge in [0, 0.05) is 17.7 Å². The number of carbonyl (C=O) groups is 1. The minimum Gasteiger partial charge on any atom is -0.355 e. The van der Waals surface area contributed by atoms with Gasteiger partial charge in [0.1, 0.15) is 0 Å². The molecule has 0 radical (unpaired) electrons. The van der Waals surface area contributed by atoms with Crippen molar-refractivity contribution in [2.75, 3.05) is 25.9 Å². The standard InChI is InChI=1S/C15H28N2OS/c1-12(13-5-3-8-16-10-13)9-14(18)17-11-15(19-2)6-4-7-15/h12-13,16H,3-11H2,1-2H3,(H,17,18). The Balaban J connectivity index is 1.68. The number of hydrogen-bond donors (Lipinski definition) is 2. The Kier molecular flexibility index (Phi) is 5.58. The number of amides is 1. The predicted octanol–water partition coefficient (Wildman–Crippen LogP) is 2.41. The van der Waals surface area contributed by atoms with E-state index in [4.69, 9.17) is 0 Å². The van der Waals surface area contributed by atoms with Gasteiger partial charge in [-0.2, -0.15) is 11.8 Å². The zero-order valence-corrected chi connectivity index (χ0v) is 13.2. The molecule has 1 saturated carbocycles. The average molecular weight is 284 g/mol. The number of piperidine rings is 1. The molecule has 0 aromatic rings. The summed E-state index contributed by atoms with van der Waals surface area (Å²) in [6.45, 7) is 5.32. The van der Waals surface area contributed by atoms with E-state index in [1.165, 1.54) is 32.1 Å². The highest BCUT2D eigenvalue weighted by molar-refractivity contribution is 8.00. The van der Waals surface area contributed by atoms with Gasteiger partial charge in [-0.1, -0.05) is 13.3 Å². The van der Waals surface area contributed by atoms with E-state index in [0.29, 0.717) is 23.0 Å². The van der Waals surface area contributed by atoms with Crippen LogP contribution in [0.2, 0.25) is 0 Å². The van der Waals surface area contributed by atoms with Crippen LogP contribution >= 0.6 is 11.8 Å². The summed E-state index contributed by atoms with van der Waals surface area (Å²) in [6.07, 6.45) is 9.23. The molecule has 2 N–H and O–H groups in total. The second kappa shape index (κ2) is 6.98. The van der Waals surface area contributed by atoms with E-state index in [2.05, 4.69) is 23.8 Å². The summed E-state index contributed by atoms with van der Waals surface area (Å²) in [4.78, 5) is 12.1. The van der Waals surface area contributed by atoms with Crippen LogP contribution in [0.25, 0.3) is 0 Å². The molecule has 2 aliphatic rings. The normalized spacial score (nSPS) is 27.4. The van der Waals surface area contributed by atoms with Crippen molar-refractivity contribution >= 4 is 17.7 Å². The van der Waals surface area contributed by atoms with Crippen molar-refractivity contribution in [2.45, 2.75) is 50.2 Å². The smallest absolute Gasteiger partial charge is 0.220 e. The minimum atomic E-state index is 0.249. The molecular weight excluding hydrogens is 256 g/mol. The van der Waals surface area contributed by atoms with Gasteiger partial charge in [-0.15, -0.1) is 0 Å². The van der Waals surface area contributed by atoms with Crippen molar-refractivity contribution in [2.24, 2.45) is 11.8 Å². The predicted molar refractivity (Wildman–Crippen MR) is 82.5 cm³/mol. The van der Waals surface area contributed by atoms with Crippen molar-refractivity contribution in [1.82, 2.24) is 10.6 Å². The molecule has 110 valence electrons. The molecule has 2 fully saturated rings. The van der Waals surface area contributed by atoms with Crippen molar-refractivity contribution in [3.05, 3.63) is 0 Å². The topological polar surface area (TPSA) is 41.1 Å². The van der Waals surface area contributed by atoms with E-state index >= 15 is 0 Å². The van der Waals surface area contributed by atoms with Crippen molar-refractivity contribution in [3.63, 3.8) is 0 Å². The van der Waals surface area contributed by atoms with Gasteiger partial charge < -0.3 is 10.6 Å². The summed E-state index contributed by atoms with van der Waals surface area (Å²) in [5.41, 5.74) is 0. The third kappa shape index (κ3) is 4.12. The van der Waals surface area contributed by atoms with Gasteiger partial charge in [-0.25, -0.2) is 0 Å². The van der Waals surface area contributed by atoms with Crippen LogP contribution in [-0.2, 0) is 4.79 Å². The SMILES string of the molecule is CSC1(CNC(=O)CC(C)C2CCCNC2)CCC1. The van der Waals surface area contributed by atoms with Crippen LogP contribution in [0, 0.1) is 11.8 Å². The van der Waals surface area contributed by atoms with E-state index in [1.807, 2.05) is 11.8 Å². The Morgan fingerprint density at radius 1 is 1.47 bits per heavy atom. The van der Waals surface area contributed by atoms with Crippen LogP contribution in [0.4, 0.5) is 0 Å². The zero-order valence-electron chi connectivity index (χ0n) is 12.3. The summed E-state index contributed by atoms with van der Waals surface area (Å²) in [7, 11) is 0. The molecule has 1 heterocycles. The summed E-state index contributed by atoms with van der Waals surface area (Å²) in [5.74, 6) is 1.43. The first-order valence-electron chi connectivity index (χ1n) is 7.68. The summed E-state index contributed by atoms with van der Waals surface area (Å²) >= 11 is 1.92. The lowest BCUT2D eigenvalue weighted by atomic mass is 9.83. The Bertz CT molecular complexity index is 293. The molecule has 2 atom stereocenters. The lowest BCUT2D eigenvalue weighted by Crippen LogP contribution is -2.45. The first-order chi connectivity index (χ1) is 9.15. The molecule has 1 aliphatic carbocycles. The molecule has 0 aromatic carbocycles. The Labute approximate surface area is 121 Å². The van der Waals surface area contributed by atoms with Gasteiger partial charge in [-0.3, -0.25) is 4.79 Å². The van der Waals surface area contributed by atoms with E-state index in [1.54, 1.807) is 0 Å². The fraction of sp³-hybridized carbons (Fsp3) is 0.933. The monoisotopic (exact) mass is 284 g/mol. The van der Waals surface area contributed by atoms with Crippen molar-refractivity contribution in [3.8, 4) is 0 Å². The Hall–Kier alpha value is -0.220. The van der Waals surface area contributed by atoms with Crippen LogP contribution in [0.3, 0.4) is 0 Å². The highest BCUT2D eigenvalue weighted by atomic mass is 32.2. The lowest BCUT2D eigenvalue weighted by molar-refractivity contribution is -0.122. The van der Waals surface area contributed by atoms with E-state index in [9.17, 15) is 4.79 Å². The largest absolute Gasteiger partial charge is 0.355 e. The van der Waals surface area contributed by atoms with E-state index in [-0.39, 0.29) is 5.91 Å². The fourth-order valence-electron chi connectivity index (χ4n) is 3.18. The molecule has 19 heavy (non-hydrogen) atoms. The van der Waals surface area contributed by atoms with Gasteiger partial charge in [-0.05, 0) is 56.9 Å². The summed E-state index contributed by atoms with van der Waals surface area (Å²) in [6, 6.07) is 0. The lowest BCUT2D eigenvalue weighted by Gasteiger charge is -2.40. The van der Waals surface area contributed by atoms with Crippen molar-refractivity contribution < 1.29 is 4.79 Å². The summed E-state index contributed by atoms with van der Waals surface area (Å²) < 4.78 is 0.352. The Morgan fingerprint density at radius 2 is 2.26 bits per heavy atom. The molecule has 1 saturated heterocycles. The van der Waals surface area contributed by atoms with Crippen LogP contribution in [-0.4, -0.2) is 36.5 Å². The maximum absolute atomic E-state index is 12.1. The molecule has 0 aromatic heterocycles. The van der Waals surface area contributed by atoms with Gasteiger partial charge in [0.25, 0.3) is 0 Å². The van der Waals surface area contributed by atoms with Gasteiger partial charge in [0.2, 0.25) is 5.91 Å². The number of hydrogen-bond acceptors (Lipinski definition) is 3. The number of carbonyl (C=O) groups excluding carboxylic acids is 1. The maximum atomic E-state index is 12.1. The molecule has 0 bridgehead atoms. The number of nitrogens with one attached hydrogen (secondary N) is 2. The molecule has 0 spiro atoms. The first-order valence-corrected chi connectivity index (χ1v) is 8.90. The van der Waals surface area contributed by atoms with Gasteiger partial charge in [0.15, 0.2) is 0 Å². The molecular formula is C15H28N2OS. The fourth-order valence-corrected chi connectivity index (χ4v) is 4.09. The second-order valence-corrected chi connectivity index (χ2v) is 7.58. The third-order valence-electron chi connectivity index (χ3n) is 4.95. The molecule has 2 rings (SSSR count). The van der Waals surface area contributed by atoms with Crippen LogP contribution in [0.5, 0.6) is 0 Å². The van der Waals surface area contributed by atoms with Gasteiger partial charge in [0.05, 0.1) is 0 Å². The number of thioether (sulfide) groups is 1. The number of rotatable bonds is 6. The van der Waals surface area contributed by atoms with Gasteiger partial charge >= 0.3 is 0 Å². The molecule has 4 heteroatoms. The zero-order chi connectivity index (χ0) is 13.7. The van der Waals surface area contributed by atoms with Crippen molar-refractivity contribution in [1.29, 1.82) is 0 Å². The van der Waals surface area contributed by atoms with Crippen LogP contribution < -0.4 is 10.6 Å². The van der Waals surface area contributed by atoms with Crippen LogP contribution in [0.15, 0.2) is 0 Å². The highest BCUT2D eigenvalue weighted by Gasteiger charge is 2.36. The molecule has 1 aliphatic heterocycles. The highest BCUT2D eigenvalue weighted by Crippen LogP contribution is 2.42. The quantitative estimate of drug-likeness (QED) is 0.787. The van der Waals surface area contributed by atoms with E-state index in [0.717, 1.165) is 19.6 Å². The third-order valence-corrected chi connectivity index (χ3v) is 6.37. The summed E-state index contributed by atoms with van der Waals surface area (Å²) in [5, 5.41) is 6.60.